The van der Waals surface area contributed by atoms with Crippen LogP contribution in [0.3, 0.4) is 0 Å². The lowest BCUT2D eigenvalue weighted by Crippen LogP contribution is -2.36. The van der Waals surface area contributed by atoms with Gasteiger partial charge in [0.05, 0.1) is 0 Å². The molecule has 0 saturated heterocycles. The molecule has 0 amide bonds. The molecule has 0 saturated carbocycles. The molecule has 0 spiro atoms. The van der Waals surface area contributed by atoms with Gasteiger partial charge >= 0.3 is 0 Å². The minimum atomic E-state index is 0.414. The highest BCUT2D eigenvalue weighted by molar-refractivity contribution is 4.70. The Labute approximate surface area is 88.8 Å². The highest BCUT2D eigenvalue weighted by Crippen LogP contribution is 2.20. The molecule has 86 valence electrons. The zero-order chi connectivity index (χ0) is 11.0. The van der Waals surface area contributed by atoms with Crippen LogP contribution in [0.25, 0.3) is 0 Å². The van der Waals surface area contributed by atoms with Crippen molar-refractivity contribution in [3.63, 3.8) is 0 Å². The van der Waals surface area contributed by atoms with Gasteiger partial charge in [0.25, 0.3) is 0 Å². The van der Waals surface area contributed by atoms with Crippen molar-refractivity contribution in [1.29, 1.82) is 0 Å². The molecule has 4 N–H and O–H groups in total. The fraction of sp³-hybridized carbons (Fsp3) is 1.00. The number of nitrogens with two attached hydrogens (primary N) is 1. The van der Waals surface area contributed by atoms with Gasteiger partial charge in [-0.15, -0.1) is 0 Å². The predicted octanol–water partition coefficient (Wildman–Crippen LogP) is 0.949. The monoisotopic (exact) mass is 201 g/mol. The quantitative estimate of drug-likeness (QED) is 0.538. The minimum Gasteiger partial charge on any atom is -0.329 e. The van der Waals surface area contributed by atoms with Crippen LogP contribution >= 0.6 is 0 Å². The van der Waals surface area contributed by atoms with Crippen LogP contribution < -0.4 is 16.4 Å². The lowest BCUT2D eigenvalue weighted by atomic mass is 9.89. The van der Waals surface area contributed by atoms with Crippen molar-refractivity contribution in [3.8, 4) is 0 Å². The molecule has 0 fully saturated rings. The zero-order valence-corrected chi connectivity index (χ0v) is 10.2. The molecule has 0 aromatic heterocycles. The van der Waals surface area contributed by atoms with E-state index in [1.807, 2.05) is 0 Å². The van der Waals surface area contributed by atoms with E-state index in [1.165, 1.54) is 6.42 Å². The van der Waals surface area contributed by atoms with E-state index in [1.54, 1.807) is 0 Å². The van der Waals surface area contributed by atoms with E-state index in [2.05, 4.69) is 38.3 Å². The Kier molecular flexibility index (Phi) is 7.15. The topological polar surface area (TPSA) is 50.1 Å². The van der Waals surface area contributed by atoms with Crippen molar-refractivity contribution >= 4 is 0 Å². The van der Waals surface area contributed by atoms with Crippen LogP contribution in [0.5, 0.6) is 0 Å². The molecule has 0 radical (unpaired) electrons. The fourth-order valence-electron chi connectivity index (χ4n) is 1.62. The van der Waals surface area contributed by atoms with Crippen LogP contribution in [0, 0.1) is 5.41 Å². The SMILES string of the molecule is CC(CC(C)(C)C)NCCNCCN. The van der Waals surface area contributed by atoms with Crippen molar-refractivity contribution in [3.05, 3.63) is 0 Å². The molecule has 1 unspecified atom stereocenters. The van der Waals surface area contributed by atoms with E-state index in [0.717, 1.165) is 26.2 Å². The van der Waals surface area contributed by atoms with Crippen LogP contribution in [-0.4, -0.2) is 32.2 Å². The summed E-state index contributed by atoms with van der Waals surface area (Å²) in [4.78, 5) is 0. The second-order valence-corrected chi connectivity index (χ2v) is 5.16. The van der Waals surface area contributed by atoms with Gasteiger partial charge in [0.1, 0.15) is 0 Å². The third-order valence-corrected chi connectivity index (χ3v) is 2.03. The molecule has 0 aliphatic rings. The molecule has 14 heavy (non-hydrogen) atoms. The first kappa shape index (κ1) is 13.9. The summed E-state index contributed by atoms with van der Waals surface area (Å²) in [7, 11) is 0. The van der Waals surface area contributed by atoms with Crippen molar-refractivity contribution in [2.75, 3.05) is 26.2 Å². The number of nitrogens with one attached hydrogen (secondary N) is 2. The van der Waals surface area contributed by atoms with E-state index < -0.39 is 0 Å². The third kappa shape index (κ3) is 9.96. The van der Waals surface area contributed by atoms with Gasteiger partial charge < -0.3 is 16.4 Å². The van der Waals surface area contributed by atoms with E-state index in [9.17, 15) is 0 Å². The largest absolute Gasteiger partial charge is 0.329 e. The van der Waals surface area contributed by atoms with Gasteiger partial charge in [-0.2, -0.15) is 0 Å². The Morgan fingerprint density at radius 2 is 1.79 bits per heavy atom. The lowest BCUT2D eigenvalue weighted by Gasteiger charge is -2.24. The maximum atomic E-state index is 5.37. The summed E-state index contributed by atoms with van der Waals surface area (Å²) < 4.78 is 0. The Morgan fingerprint density at radius 3 is 2.29 bits per heavy atom. The first-order valence-electron chi connectivity index (χ1n) is 5.60. The average molecular weight is 201 g/mol. The van der Waals surface area contributed by atoms with Crippen LogP contribution in [0.2, 0.25) is 0 Å². The van der Waals surface area contributed by atoms with Crippen LogP contribution in [-0.2, 0) is 0 Å². The molecule has 1 atom stereocenters. The summed E-state index contributed by atoms with van der Waals surface area (Å²) in [6.07, 6.45) is 1.21. The van der Waals surface area contributed by atoms with Crippen LogP contribution in [0.1, 0.15) is 34.1 Å². The lowest BCUT2D eigenvalue weighted by molar-refractivity contribution is 0.319. The minimum absolute atomic E-state index is 0.414. The summed E-state index contributed by atoms with van der Waals surface area (Å²) >= 11 is 0. The Bertz CT molecular complexity index is 129. The molecule has 0 bridgehead atoms. The van der Waals surface area contributed by atoms with Gasteiger partial charge in [-0.05, 0) is 18.8 Å². The second kappa shape index (κ2) is 7.21. The van der Waals surface area contributed by atoms with Crippen molar-refractivity contribution < 1.29 is 0 Å². The maximum absolute atomic E-state index is 5.37. The van der Waals surface area contributed by atoms with Crippen LogP contribution in [0.15, 0.2) is 0 Å². The van der Waals surface area contributed by atoms with Gasteiger partial charge in [0.2, 0.25) is 0 Å². The second-order valence-electron chi connectivity index (χ2n) is 5.16. The average Bonchev–Trinajstić information content (AvgIpc) is 2.00. The Balaban J connectivity index is 3.31. The van der Waals surface area contributed by atoms with E-state index in [-0.39, 0.29) is 0 Å². The normalized spacial score (nSPS) is 14.4. The first-order chi connectivity index (χ1) is 6.45. The molecule has 0 aromatic carbocycles. The van der Waals surface area contributed by atoms with Gasteiger partial charge in [0, 0.05) is 32.2 Å². The zero-order valence-electron chi connectivity index (χ0n) is 10.2. The number of rotatable bonds is 7. The highest BCUT2D eigenvalue weighted by Gasteiger charge is 2.14. The molecular formula is C11H27N3. The highest BCUT2D eigenvalue weighted by atomic mass is 15.0. The summed E-state index contributed by atoms with van der Waals surface area (Å²) in [6, 6.07) is 0.592. The van der Waals surface area contributed by atoms with Gasteiger partial charge in [-0.25, -0.2) is 0 Å². The predicted molar refractivity (Wildman–Crippen MR) is 63.5 cm³/mol. The van der Waals surface area contributed by atoms with Gasteiger partial charge in [0.15, 0.2) is 0 Å². The first-order valence-corrected chi connectivity index (χ1v) is 5.60. The molecule has 0 heterocycles. The van der Waals surface area contributed by atoms with E-state index in [4.69, 9.17) is 5.73 Å². The fourth-order valence-corrected chi connectivity index (χ4v) is 1.62. The van der Waals surface area contributed by atoms with E-state index in [0.29, 0.717) is 11.5 Å². The third-order valence-electron chi connectivity index (χ3n) is 2.03. The molecule has 0 aliphatic carbocycles. The summed E-state index contributed by atoms with van der Waals surface area (Å²) in [5.74, 6) is 0. The molecule has 3 nitrogen and oxygen atoms in total. The molecule has 0 aromatic rings. The van der Waals surface area contributed by atoms with E-state index >= 15 is 0 Å². The Hall–Kier alpha value is -0.120. The molecule has 3 heteroatoms. The van der Waals surface area contributed by atoms with Crippen molar-refractivity contribution in [1.82, 2.24) is 10.6 Å². The molecule has 0 rings (SSSR count). The van der Waals surface area contributed by atoms with Crippen LogP contribution in [0.4, 0.5) is 0 Å². The van der Waals surface area contributed by atoms with Crippen molar-refractivity contribution in [2.45, 2.75) is 40.2 Å². The molecule has 0 aliphatic heterocycles. The standard InChI is InChI=1S/C11H27N3/c1-10(9-11(2,3)4)14-8-7-13-6-5-12/h10,13-14H,5-9,12H2,1-4H3. The molecular weight excluding hydrogens is 174 g/mol. The summed E-state index contributed by atoms with van der Waals surface area (Å²) in [5, 5.41) is 6.76. The van der Waals surface area contributed by atoms with Gasteiger partial charge in [-0.1, -0.05) is 20.8 Å². The smallest absolute Gasteiger partial charge is 0.00792 e. The van der Waals surface area contributed by atoms with Crippen molar-refractivity contribution in [2.24, 2.45) is 11.1 Å². The van der Waals surface area contributed by atoms with Gasteiger partial charge in [-0.3, -0.25) is 0 Å². The maximum Gasteiger partial charge on any atom is 0.00792 e. The Morgan fingerprint density at radius 1 is 1.14 bits per heavy atom. The summed E-state index contributed by atoms with van der Waals surface area (Å²) in [6.45, 7) is 12.7. The number of hydrogen-bond donors (Lipinski definition) is 3. The summed E-state index contributed by atoms with van der Waals surface area (Å²) in [5.41, 5.74) is 5.78. The number of hydrogen-bond acceptors (Lipinski definition) is 3.